The number of pyridine rings is 1. The van der Waals surface area contributed by atoms with Gasteiger partial charge in [0.2, 0.25) is 0 Å². The lowest BCUT2D eigenvalue weighted by Gasteiger charge is -2.37. The Morgan fingerprint density at radius 3 is 2.46 bits per heavy atom. The molecule has 1 aromatic carbocycles. The van der Waals surface area contributed by atoms with Crippen molar-refractivity contribution >= 4 is 40.1 Å². The number of alkyl halides is 3. The number of benzene rings is 1. The van der Waals surface area contributed by atoms with Crippen LogP contribution >= 0.6 is 12.2 Å². The molecular formula is C26H33F3N6O3S. The molecule has 13 heteroatoms. The van der Waals surface area contributed by atoms with Crippen LogP contribution in [0, 0.1) is 16.0 Å². The summed E-state index contributed by atoms with van der Waals surface area (Å²) < 4.78 is 45.7. The number of nitro benzene ring substituents is 1. The van der Waals surface area contributed by atoms with Crippen LogP contribution in [-0.4, -0.2) is 72.3 Å². The van der Waals surface area contributed by atoms with Crippen molar-refractivity contribution in [3.05, 3.63) is 52.2 Å². The molecule has 1 saturated carbocycles. The molecule has 2 fully saturated rings. The van der Waals surface area contributed by atoms with Crippen molar-refractivity contribution in [3.8, 4) is 0 Å². The van der Waals surface area contributed by atoms with Crippen LogP contribution in [0.15, 0.2) is 36.5 Å². The molecule has 0 radical (unpaired) electrons. The van der Waals surface area contributed by atoms with Crippen molar-refractivity contribution in [1.29, 1.82) is 0 Å². The minimum atomic E-state index is -4.79. The van der Waals surface area contributed by atoms with Crippen LogP contribution in [0.3, 0.4) is 0 Å². The van der Waals surface area contributed by atoms with Gasteiger partial charge in [-0.1, -0.05) is 12.2 Å². The summed E-state index contributed by atoms with van der Waals surface area (Å²) in [4.78, 5) is 19.6. The molecule has 1 aliphatic carbocycles. The van der Waals surface area contributed by atoms with Gasteiger partial charge in [-0.05, 0) is 55.9 Å². The highest BCUT2D eigenvalue weighted by molar-refractivity contribution is 7.80. The van der Waals surface area contributed by atoms with Gasteiger partial charge in [-0.15, -0.1) is 0 Å². The number of nitrogens with zero attached hydrogens (tertiary/aromatic N) is 4. The summed E-state index contributed by atoms with van der Waals surface area (Å²) in [5.74, 6) is 1.20. The van der Waals surface area contributed by atoms with E-state index in [1.165, 1.54) is 6.07 Å². The van der Waals surface area contributed by atoms with Gasteiger partial charge in [-0.2, -0.15) is 13.2 Å². The summed E-state index contributed by atoms with van der Waals surface area (Å²) in [5, 5.41) is 17.1. The minimum Gasteiger partial charge on any atom is -0.382 e. The highest BCUT2D eigenvalue weighted by Crippen LogP contribution is 2.38. The summed E-state index contributed by atoms with van der Waals surface area (Å²) in [6.07, 6.45) is 0.398. The largest absolute Gasteiger partial charge is 0.423 e. The SMILES string of the molecule is CNc1ccc(N2CCN(C(=S)COCC3CCC(Nc4ccc([N+](=O)[O-])c(C(F)(F)F)c4)CC3)CC2)cn1. The second kappa shape index (κ2) is 12.8. The minimum absolute atomic E-state index is 0.00537. The summed E-state index contributed by atoms with van der Waals surface area (Å²) in [6.45, 7) is 4.35. The first-order valence-corrected chi connectivity index (χ1v) is 13.4. The number of ether oxygens (including phenoxy) is 1. The second-order valence-electron chi connectivity index (χ2n) is 9.88. The Bertz CT molecular complexity index is 1130. The van der Waals surface area contributed by atoms with Crippen LogP contribution < -0.4 is 15.5 Å². The lowest BCUT2D eigenvalue weighted by Crippen LogP contribution is -2.49. The first-order chi connectivity index (χ1) is 18.6. The average molecular weight is 567 g/mol. The van der Waals surface area contributed by atoms with Gasteiger partial charge >= 0.3 is 6.18 Å². The molecule has 0 bridgehead atoms. The van der Waals surface area contributed by atoms with E-state index < -0.39 is 22.4 Å². The standard InChI is InChI=1S/C26H33F3N6O3S/c1-30-24-9-7-21(15-31-24)33-10-12-34(13-11-33)25(39)17-38-16-18-2-4-19(5-3-18)32-20-6-8-23(35(36)37)22(14-20)26(27,28)29/h6-9,14-15,18-19,32H,2-5,10-13,16-17H2,1H3,(H,30,31). The molecule has 39 heavy (non-hydrogen) atoms. The fraction of sp³-hybridized carbons (Fsp3) is 0.538. The summed E-state index contributed by atoms with van der Waals surface area (Å²) in [5.41, 5.74) is -0.845. The number of thiocarbonyl (C=S) groups is 1. The van der Waals surface area contributed by atoms with E-state index in [1.807, 2.05) is 19.3 Å². The Morgan fingerprint density at radius 2 is 1.87 bits per heavy atom. The monoisotopic (exact) mass is 566 g/mol. The van der Waals surface area contributed by atoms with E-state index in [2.05, 4.69) is 31.5 Å². The third kappa shape index (κ3) is 7.69. The zero-order valence-electron chi connectivity index (χ0n) is 21.7. The number of halogens is 3. The molecular weight excluding hydrogens is 533 g/mol. The predicted molar refractivity (Wildman–Crippen MR) is 148 cm³/mol. The Hall–Kier alpha value is -3.19. The molecule has 212 valence electrons. The van der Waals surface area contributed by atoms with Gasteiger partial charge in [0, 0.05) is 57.6 Å². The Morgan fingerprint density at radius 1 is 1.15 bits per heavy atom. The van der Waals surface area contributed by atoms with E-state index in [1.54, 1.807) is 0 Å². The number of aromatic nitrogens is 1. The van der Waals surface area contributed by atoms with E-state index in [0.717, 1.165) is 80.5 Å². The van der Waals surface area contributed by atoms with Gasteiger partial charge in [-0.25, -0.2) is 4.98 Å². The van der Waals surface area contributed by atoms with Gasteiger partial charge in [0.25, 0.3) is 5.69 Å². The Kier molecular flexibility index (Phi) is 9.44. The van der Waals surface area contributed by atoms with Crippen LogP contribution in [-0.2, 0) is 10.9 Å². The van der Waals surface area contributed by atoms with Gasteiger partial charge in [0.15, 0.2) is 0 Å². The second-order valence-corrected chi connectivity index (χ2v) is 10.4. The number of anilines is 3. The fourth-order valence-electron chi connectivity index (χ4n) is 5.06. The number of rotatable bonds is 9. The molecule has 0 atom stereocenters. The molecule has 1 saturated heterocycles. The first kappa shape index (κ1) is 28.8. The van der Waals surface area contributed by atoms with Crippen LogP contribution in [0.1, 0.15) is 31.2 Å². The van der Waals surface area contributed by atoms with E-state index in [9.17, 15) is 23.3 Å². The number of nitro groups is 1. The number of nitrogens with one attached hydrogen (secondary N) is 2. The zero-order chi connectivity index (χ0) is 28.0. The molecule has 1 aromatic heterocycles. The quantitative estimate of drug-likeness (QED) is 0.242. The third-order valence-corrected chi connectivity index (χ3v) is 7.67. The highest BCUT2D eigenvalue weighted by Gasteiger charge is 2.38. The van der Waals surface area contributed by atoms with Crippen molar-refractivity contribution in [2.24, 2.45) is 5.92 Å². The highest BCUT2D eigenvalue weighted by atomic mass is 32.1. The van der Waals surface area contributed by atoms with E-state index in [0.29, 0.717) is 19.1 Å². The predicted octanol–water partition coefficient (Wildman–Crippen LogP) is 5.19. The molecule has 4 rings (SSSR count). The topological polar surface area (TPSA) is 95.8 Å². The Balaban J connectivity index is 1.16. The molecule has 2 aliphatic rings. The van der Waals surface area contributed by atoms with Crippen LogP contribution in [0.25, 0.3) is 0 Å². The molecule has 2 heterocycles. The van der Waals surface area contributed by atoms with Gasteiger partial charge in [0.05, 0.1) is 23.4 Å². The lowest BCUT2D eigenvalue weighted by atomic mass is 9.86. The van der Waals surface area contributed by atoms with Crippen LogP contribution in [0.5, 0.6) is 0 Å². The third-order valence-electron chi connectivity index (χ3n) is 7.30. The van der Waals surface area contributed by atoms with Crippen LogP contribution in [0.4, 0.5) is 36.1 Å². The number of hydrogen-bond acceptors (Lipinski definition) is 8. The molecule has 1 aliphatic heterocycles. The van der Waals surface area contributed by atoms with Crippen molar-refractivity contribution in [1.82, 2.24) is 9.88 Å². The molecule has 2 N–H and O–H groups in total. The van der Waals surface area contributed by atoms with Gasteiger partial charge in [-0.3, -0.25) is 10.1 Å². The maximum atomic E-state index is 13.3. The van der Waals surface area contributed by atoms with Crippen molar-refractivity contribution in [2.45, 2.75) is 37.9 Å². The van der Waals surface area contributed by atoms with Crippen molar-refractivity contribution < 1.29 is 22.8 Å². The average Bonchev–Trinajstić information content (AvgIpc) is 2.93. The smallest absolute Gasteiger partial charge is 0.382 e. The summed E-state index contributed by atoms with van der Waals surface area (Å²) >= 11 is 5.61. The van der Waals surface area contributed by atoms with Crippen LogP contribution in [0.2, 0.25) is 0 Å². The normalized spacial score (nSPS) is 20.0. The summed E-state index contributed by atoms with van der Waals surface area (Å²) in [6, 6.07) is 7.09. The lowest BCUT2D eigenvalue weighted by molar-refractivity contribution is -0.388. The fourth-order valence-corrected chi connectivity index (χ4v) is 5.33. The van der Waals surface area contributed by atoms with Gasteiger partial charge in [0.1, 0.15) is 16.4 Å². The summed E-state index contributed by atoms with van der Waals surface area (Å²) in [7, 11) is 1.84. The van der Waals surface area contributed by atoms with Crippen molar-refractivity contribution in [2.75, 3.05) is 62.0 Å². The molecule has 9 nitrogen and oxygen atoms in total. The number of piperazine rings is 1. The van der Waals surface area contributed by atoms with E-state index in [-0.39, 0.29) is 11.7 Å². The van der Waals surface area contributed by atoms with Crippen molar-refractivity contribution in [3.63, 3.8) is 0 Å². The van der Waals surface area contributed by atoms with E-state index in [4.69, 9.17) is 17.0 Å². The van der Waals surface area contributed by atoms with Gasteiger partial charge < -0.3 is 25.2 Å². The van der Waals surface area contributed by atoms with E-state index >= 15 is 0 Å². The molecule has 2 aromatic rings. The molecule has 0 spiro atoms. The first-order valence-electron chi connectivity index (χ1n) is 13.0. The zero-order valence-corrected chi connectivity index (χ0v) is 22.6. The molecule has 0 unspecified atom stereocenters. The maximum absolute atomic E-state index is 13.3. The Labute approximate surface area is 230 Å². The molecule has 0 amide bonds. The number of hydrogen-bond donors (Lipinski definition) is 2. The maximum Gasteiger partial charge on any atom is 0.423 e.